The minimum atomic E-state index is -0.956. The molecule has 0 spiro atoms. The van der Waals surface area contributed by atoms with Crippen LogP contribution in [0.25, 0.3) is 0 Å². The van der Waals surface area contributed by atoms with E-state index in [4.69, 9.17) is 9.84 Å². The minimum Gasteiger partial charge on any atom is -0.478 e. The molecule has 0 bridgehead atoms. The lowest BCUT2D eigenvalue weighted by Gasteiger charge is -2.25. The standard InChI is InChI=1S/C15H21NO4/c1-4-15(2,20-3)14(19)16-10-9-11-7-5-6-8-12(11)13(17)18/h5-8H,4,9-10H2,1-3H3,(H,16,19)(H,17,18). The number of hydrogen-bond donors (Lipinski definition) is 2. The zero-order valence-electron chi connectivity index (χ0n) is 12.1. The highest BCUT2D eigenvalue weighted by Gasteiger charge is 2.30. The van der Waals surface area contributed by atoms with Crippen LogP contribution in [-0.4, -0.2) is 36.2 Å². The molecule has 2 N–H and O–H groups in total. The van der Waals surface area contributed by atoms with Crippen LogP contribution in [0.2, 0.25) is 0 Å². The topological polar surface area (TPSA) is 75.6 Å². The lowest BCUT2D eigenvalue weighted by molar-refractivity contribution is -0.141. The average Bonchev–Trinajstić information content (AvgIpc) is 2.46. The zero-order valence-corrected chi connectivity index (χ0v) is 12.1. The van der Waals surface area contributed by atoms with Crippen molar-refractivity contribution in [3.05, 3.63) is 35.4 Å². The smallest absolute Gasteiger partial charge is 0.335 e. The van der Waals surface area contributed by atoms with Gasteiger partial charge in [0.05, 0.1) is 5.56 Å². The van der Waals surface area contributed by atoms with Crippen molar-refractivity contribution in [1.29, 1.82) is 0 Å². The number of carbonyl (C=O) groups excluding carboxylic acids is 1. The Labute approximate surface area is 118 Å². The molecule has 1 unspecified atom stereocenters. The van der Waals surface area contributed by atoms with E-state index in [-0.39, 0.29) is 11.5 Å². The lowest BCUT2D eigenvalue weighted by Crippen LogP contribution is -2.46. The summed E-state index contributed by atoms with van der Waals surface area (Å²) in [6.45, 7) is 3.98. The molecule has 110 valence electrons. The molecule has 20 heavy (non-hydrogen) atoms. The van der Waals surface area contributed by atoms with Crippen molar-refractivity contribution in [2.45, 2.75) is 32.3 Å². The number of carboxylic acid groups (broad SMARTS) is 1. The molecule has 0 radical (unpaired) electrons. The van der Waals surface area contributed by atoms with Crippen LogP contribution in [0.1, 0.15) is 36.2 Å². The molecule has 0 aliphatic rings. The molecule has 0 aromatic heterocycles. The van der Waals surface area contributed by atoms with Gasteiger partial charge in [0.2, 0.25) is 0 Å². The van der Waals surface area contributed by atoms with Gasteiger partial charge in [0.25, 0.3) is 5.91 Å². The quantitative estimate of drug-likeness (QED) is 0.798. The predicted octanol–water partition coefficient (Wildman–Crippen LogP) is 1.86. The SMILES string of the molecule is CCC(C)(OC)C(=O)NCCc1ccccc1C(=O)O. The van der Waals surface area contributed by atoms with Crippen molar-refractivity contribution in [2.75, 3.05) is 13.7 Å². The van der Waals surface area contributed by atoms with Gasteiger partial charge in [0.15, 0.2) is 0 Å². The van der Waals surface area contributed by atoms with Crippen LogP contribution >= 0.6 is 0 Å². The Hall–Kier alpha value is -1.88. The van der Waals surface area contributed by atoms with Crippen molar-refractivity contribution in [3.63, 3.8) is 0 Å². The summed E-state index contributed by atoms with van der Waals surface area (Å²) in [5.74, 6) is -1.14. The number of ether oxygens (including phenoxy) is 1. The van der Waals surface area contributed by atoms with E-state index >= 15 is 0 Å². The maximum atomic E-state index is 12.0. The van der Waals surface area contributed by atoms with Gasteiger partial charge in [-0.15, -0.1) is 0 Å². The summed E-state index contributed by atoms with van der Waals surface area (Å²) in [6, 6.07) is 6.79. The summed E-state index contributed by atoms with van der Waals surface area (Å²) in [7, 11) is 1.50. The Morgan fingerprint density at radius 1 is 1.35 bits per heavy atom. The molecule has 1 atom stereocenters. The van der Waals surface area contributed by atoms with Crippen LogP contribution in [-0.2, 0) is 16.0 Å². The maximum absolute atomic E-state index is 12.0. The summed E-state index contributed by atoms with van der Waals surface area (Å²) in [6.07, 6.45) is 1.04. The fraction of sp³-hybridized carbons (Fsp3) is 0.467. The van der Waals surface area contributed by atoms with Crippen LogP contribution in [0.4, 0.5) is 0 Å². The van der Waals surface area contributed by atoms with Gasteiger partial charge in [-0.1, -0.05) is 25.1 Å². The van der Waals surface area contributed by atoms with Crippen molar-refractivity contribution >= 4 is 11.9 Å². The van der Waals surface area contributed by atoms with E-state index in [1.807, 2.05) is 6.92 Å². The van der Waals surface area contributed by atoms with Crippen LogP contribution in [0.5, 0.6) is 0 Å². The molecule has 0 saturated carbocycles. The van der Waals surface area contributed by atoms with Gasteiger partial charge >= 0.3 is 5.97 Å². The second-order valence-electron chi connectivity index (χ2n) is 4.76. The van der Waals surface area contributed by atoms with E-state index in [1.54, 1.807) is 31.2 Å². The number of carboxylic acids is 1. The Balaban J connectivity index is 2.62. The molecule has 5 heteroatoms. The van der Waals surface area contributed by atoms with E-state index in [1.165, 1.54) is 7.11 Å². The Bertz CT molecular complexity index is 481. The summed E-state index contributed by atoms with van der Waals surface area (Å²) in [4.78, 5) is 23.0. The van der Waals surface area contributed by atoms with Gasteiger partial charge in [0.1, 0.15) is 5.60 Å². The van der Waals surface area contributed by atoms with E-state index in [2.05, 4.69) is 5.32 Å². The Morgan fingerprint density at radius 3 is 2.55 bits per heavy atom. The van der Waals surface area contributed by atoms with Crippen molar-refractivity contribution < 1.29 is 19.4 Å². The molecular weight excluding hydrogens is 258 g/mol. The number of rotatable bonds is 7. The van der Waals surface area contributed by atoms with Crippen LogP contribution < -0.4 is 5.32 Å². The zero-order chi connectivity index (χ0) is 15.2. The van der Waals surface area contributed by atoms with Crippen LogP contribution in [0, 0.1) is 0 Å². The molecule has 1 rings (SSSR count). The number of aromatic carboxylic acids is 1. The van der Waals surface area contributed by atoms with Gasteiger partial charge in [0, 0.05) is 13.7 Å². The van der Waals surface area contributed by atoms with Crippen molar-refractivity contribution in [2.24, 2.45) is 0 Å². The fourth-order valence-corrected chi connectivity index (χ4v) is 1.84. The fourth-order valence-electron chi connectivity index (χ4n) is 1.84. The average molecular weight is 279 g/mol. The summed E-state index contributed by atoms with van der Waals surface area (Å²) in [5, 5.41) is 11.9. The summed E-state index contributed by atoms with van der Waals surface area (Å²) in [5.41, 5.74) is 0.134. The minimum absolute atomic E-state index is 0.185. The summed E-state index contributed by atoms with van der Waals surface area (Å²) < 4.78 is 5.21. The highest BCUT2D eigenvalue weighted by atomic mass is 16.5. The summed E-state index contributed by atoms with van der Waals surface area (Å²) >= 11 is 0. The molecule has 0 heterocycles. The van der Waals surface area contributed by atoms with Gasteiger partial charge < -0.3 is 15.2 Å². The third-order valence-electron chi connectivity index (χ3n) is 3.53. The number of benzene rings is 1. The second-order valence-corrected chi connectivity index (χ2v) is 4.76. The highest BCUT2D eigenvalue weighted by molar-refractivity contribution is 5.89. The Morgan fingerprint density at radius 2 is 2.00 bits per heavy atom. The van der Waals surface area contributed by atoms with Crippen LogP contribution in [0.15, 0.2) is 24.3 Å². The molecule has 1 amide bonds. The molecule has 0 fully saturated rings. The van der Waals surface area contributed by atoms with E-state index in [9.17, 15) is 9.59 Å². The first-order valence-electron chi connectivity index (χ1n) is 6.59. The Kier molecular flexibility index (Phi) is 5.70. The number of nitrogens with one attached hydrogen (secondary N) is 1. The van der Waals surface area contributed by atoms with Gasteiger partial charge in [-0.05, 0) is 31.4 Å². The molecule has 0 aliphatic carbocycles. The lowest BCUT2D eigenvalue weighted by atomic mass is 10.0. The number of amides is 1. The van der Waals surface area contributed by atoms with Crippen LogP contribution in [0.3, 0.4) is 0 Å². The van der Waals surface area contributed by atoms with Crippen molar-refractivity contribution in [1.82, 2.24) is 5.32 Å². The van der Waals surface area contributed by atoms with Gasteiger partial charge in [-0.2, -0.15) is 0 Å². The largest absolute Gasteiger partial charge is 0.478 e. The number of hydrogen-bond acceptors (Lipinski definition) is 3. The first-order valence-corrected chi connectivity index (χ1v) is 6.59. The number of carbonyl (C=O) groups is 2. The molecule has 0 aliphatic heterocycles. The normalized spacial score (nSPS) is 13.6. The first-order chi connectivity index (χ1) is 9.44. The van der Waals surface area contributed by atoms with E-state index in [0.29, 0.717) is 24.9 Å². The molecule has 5 nitrogen and oxygen atoms in total. The molecule has 1 aromatic carbocycles. The van der Waals surface area contributed by atoms with Gasteiger partial charge in [-0.3, -0.25) is 4.79 Å². The maximum Gasteiger partial charge on any atom is 0.335 e. The van der Waals surface area contributed by atoms with E-state index < -0.39 is 11.6 Å². The van der Waals surface area contributed by atoms with Gasteiger partial charge in [-0.25, -0.2) is 4.79 Å². The monoisotopic (exact) mass is 279 g/mol. The molecule has 0 saturated heterocycles. The molecular formula is C15H21NO4. The third kappa shape index (κ3) is 3.81. The highest BCUT2D eigenvalue weighted by Crippen LogP contribution is 2.14. The third-order valence-corrected chi connectivity index (χ3v) is 3.53. The predicted molar refractivity (Wildman–Crippen MR) is 75.8 cm³/mol. The first kappa shape index (κ1) is 16.2. The molecule has 1 aromatic rings. The van der Waals surface area contributed by atoms with Crippen molar-refractivity contribution in [3.8, 4) is 0 Å². The number of methoxy groups -OCH3 is 1. The van der Waals surface area contributed by atoms with E-state index in [0.717, 1.165) is 0 Å². The second kappa shape index (κ2) is 7.05.